The molecule has 1 aliphatic rings. The van der Waals surface area contributed by atoms with Crippen LogP contribution in [0.3, 0.4) is 0 Å². The summed E-state index contributed by atoms with van der Waals surface area (Å²) >= 11 is 2.88. The van der Waals surface area contributed by atoms with Crippen LogP contribution in [-0.4, -0.2) is 30.7 Å². The Morgan fingerprint density at radius 2 is 1.78 bits per heavy atom. The monoisotopic (exact) mass is 458 g/mol. The highest BCUT2D eigenvalue weighted by Crippen LogP contribution is 2.36. The van der Waals surface area contributed by atoms with Gasteiger partial charge >= 0.3 is 0 Å². The Labute approximate surface area is 191 Å². The van der Waals surface area contributed by atoms with Crippen molar-refractivity contribution in [2.45, 2.75) is 24.4 Å². The van der Waals surface area contributed by atoms with Gasteiger partial charge in [-0.15, -0.1) is 16.4 Å². The van der Waals surface area contributed by atoms with Gasteiger partial charge in [-0.1, -0.05) is 60.3 Å². The SMILES string of the molecule is O=C(CSc1nc2n(-c3ccccc3)c(=O)c3sc4c(c3n2n1)CCC4)c1ccccc1. The van der Waals surface area contributed by atoms with Gasteiger partial charge in [-0.2, -0.15) is 9.50 Å². The number of nitrogens with zero attached hydrogens (tertiary/aromatic N) is 4. The molecule has 0 fully saturated rings. The maximum absolute atomic E-state index is 13.5. The summed E-state index contributed by atoms with van der Waals surface area (Å²) < 4.78 is 4.15. The molecule has 6 rings (SSSR count). The lowest BCUT2D eigenvalue weighted by atomic mass is 10.2. The van der Waals surface area contributed by atoms with Crippen LogP contribution in [0.2, 0.25) is 0 Å². The number of Topliss-reactive ketones (excluding diaryl/α,β-unsaturated/α-hetero) is 1. The fourth-order valence-electron chi connectivity index (χ4n) is 4.24. The third kappa shape index (κ3) is 3.10. The molecular formula is C24H18N4O2S2. The van der Waals surface area contributed by atoms with Crippen molar-refractivity contribution in [2.75, 3.05) is 5.75 Å². The van der Waals surface area contributed by atoms with E-state index in [0.717, 1.165) is 30.5 Å². The first-order valence-electron chi connectivity index (χ1n) is 10.4. The van der Waals surface area contributed by atoms with Gasteiger partial charge in [0.15, 0.2) is 5.78 Å². The normalized spacial score (nSPS) is 13.1. The molecule has 158 valence electrons. The van der Waals surface area contributed by atoms with Crippen LogP contribution in [0.4, 0.5) is 0 Å². The second-order valence-corrected chi connectivity index (χ2v) is 9.74. The Kier molecular flexibility index (Phi) is 4.69. The number of fused-ring (bicyclic) bond motifs is 5. The van der Waals surface area contributed by atoms with E-state index in [-0.39, 0.29) is 17.1 Å². The molecule has 0 atom stereocenters. The smallest absolute Gasteiger partial charge is 0.277 e. The molecule has 2 aromatic carbocycles. The highest BCUT2D eigenvalue weighted by Gasteiger charge is 2.25. The topological polar surface area (TPSA) is 69.3 Å². The summed E-state index contributed by atoms with van der Waals surface area (Å²) in [6.45, 7) is 0. The number of thiophene rings is 1. The number of aryl methyl sites for hydroxylation is 2. The van der Waals surface area contributed by atoms with Crippen LogP contribution < -0.4 is 5.56 Å². The average Bonchev–Trinajstić information content (AvgIpc) is 3.53. The highest BCUT2D eigenvalue weighted by molar-refractivity contribution is 7.99. The van der Waals surface area contributed by atoms with Crippen molar-refractivity contribution in [3.8, 4) is 5.69 Å². The first kappa shape index (κ1) is 19.5. The quantitative estimate of drug-likeness (QED) is 0.285. The minimum Gasteiger partial charge on any atom is -0.293 e. The fourth-order valence-corrected chi connectivity index (χ4v) is 6.25. The second kappa shape index (κ2) is 7.72. The molecule has 0 spiro atoms. The summed E-state index contributed by atoms with van der Waals surface area (Å²) in [4.78, 5) is 32.1. The molecule has 5 aromatic rings. The Balaban J connectivity index is 1.50. The summed E-state index contributed by atoms with van der Waals surface area (Å²) in [6, 6.07) is 18.7. The Hall–Kier alpha value is -3.23. The molecule has 3 aromatic heterocycles. The average molecular weight is 459 g/mol. The van der Waals surface area contributed by atoms with Crippen LogP contribution in [0.15, 0.2) is 70.6 Å². The van der Waals surface area contributed by atoms with Crippen LogP contribution in [0, 0.1) is 0 Å². The van der Waals surface area contributed by atoms with E-state index in [2.05, 4.69) is 0 Å². The van der Waals surface area contributed by atoms with Crippen LogP contribution >= 0.6 is 23.1 Å². The van der Waals surface area contributed by atoms with E-state index in [1.54, 1.807) is 20.4 Å². The molecule has 0 unspecified atom stereocenters. The van der Waals surface area contributed by atoms with Crippen molar-refractivity contribution in [3.63, 3.8) is 0 Å². The van der Waals surface area contributed by atoms with Crippen LogP contribution in [0.1, 0.15) is 27.2 Å². The maximum Gasteiger partial charge on any atom is 0.277 e. The minimum atomic E-state index is -0.0672. The predicted molar refractivity (Wildman–Crippen MR) is 127 cm³/mol. The zero-order valence-electron chi connectivity index (χ0n) is 17.0. The summed E-state index contributed by atoms with van der Waals surface area (Å²) in [5.74, 6) is 0.744. The highest BCUT2D eigenvalue weighted by atomic mass is 32.2. The molecule has 6 nitrogen and oxygen atoms in total. The van der Waals surface area contributed by atoms with Gasteiger partial charge in [0, 0.05) is 10.4 Å². The lowest BCUT2D eigenvalue weighted by Crippen LogP contribution is -2.21. The van der Waals surface area contributed by atoms with Crippen molar-refractivity contribution >= 4 is 44.9 Å². The van der Waals surface area contributed by atoms with E-state index < -0.39 is 0 Å². The standard InChI is InChI=1S/C24H18N4O2S2/c29-18(15-8-3-1-4-9-15)14-31-23-25-24-27(16-10-5-2-6-11-16)22(30)21-20(28(24)26-23)17-12-7-13-19(17)32-21/h1-6,8-11H,7,12-14H2. The molecule has 8 heteroatoms. The number of hydrogen-bond acceptors (Lipinski definition) is 6. The lowest BCUT2D eigenvalue weighted by molar-refractivity contribution is 0.102. The van der Waals surface area contributed by atoms with Crippen LogP contribution in [0.5, 0.6) is 0 Å². The minimum absolute atomic E-state index is 0.0245. The Morgan fingerprint density at radius 1 is 1.03 bits per heavy atom. The fraction of sp³-hybridized carbons (Fsp3) is 0.167. The lowest BCUT2D eigenvalue weighted by Gasteiger charge is -2.08. The van der Waals surface area contributed by atoms with Crippen molar-refractivity contribution in [2.24, 2.45) is 0 Å². The number of carbonyl (C=O) groups is 1. The number of aromatic nitrogens is 4. The van der Waals surface area contributed by atoms with E-state index >= 15 is 0 Å². The van der Waals surface area contributed by atoms with E-state index in [0.29, 0.717) is 21.2 Å². The van der Waals surface area contributed by atoms with Crippen LogP contribution in [0.25, 0.3) is 21.7 Å². The molecule has 0 N–H and O–H groups in total. The largest absolute Gasteiger partial charge is 0.293 e. The van der Waals surface area contributed by atoms with Gasteiger partial charge in [0.2, 0.25) is 10.9 Å². The van der Waals surface area contributed by atoms with Crippen LogP contribution in [-0.2, 0) is 12.8 Å². The predicted octanol–water partition coefficient (Wildman–Crippen LogP) is 4.56. The summed E-state index contributed by atoms with van der Waals surface area (Å²) in [7, 11) is 0. The molecule has 0 amide bonds. The van der Waals surface area contributed by atoms with Gasteiger partial charge in [0.25, 0.3) is 5.56 Å². The number of para-hydroxylation sites is 1. The van der Waals surface area contributed by atoms with Gasteiger partial charge in [0.05, 0.1) is 17.0 Å². The maximum atomic E-state index is 13.5. The first-order valence-corrected chi connectivity index (χ1v) is 12.2. The number of rotatable bonds is 5. The van der Waals surface area contributed by atoms with Crippen molar-refractivity contribution in [1.82, 2.24) is 19.2 Å². The molecule has 0 saturated heterocycles. The number of hydrogen-bond donors (Lipinski definition) is 0. The van der Waals surface area contributed by atoms with E-state index in [4.69, 9.17) is 10.1 Å². The zero-order chi connectivity index (χ0) is 21.7. The summed E-state index contributed by atoms with van der Waals surface area (Å²) in [6.07, 6.45) is 3.05. The van der Waals surface area contributed by atoms with Gasteiger partial charge in [-0.25, -0.2) is 4.57 Å². The number of thioether (sulfide) groups is 1. The van der Waals surface area contributed by atoms with Gasteiger partial charge < -0.3 is 0 Å². The Bertz CT molecular complexity index is 1540. The number of carbonyl (C=O) groups excluding carboxylic acids is 1. The van der Waals surface area contributed by atoms with Gasteiger partial charge in [-0.05, 0) is 37.0 Å². The third-order valence-electron chi connectivity index (χ3n) is 5.72. The van der Waals surface area contributed by atoms with E-state index in [9.17, 15) is 9.59 Å². The molecule has 0 saturated carbocycles. The zero-order valence-corrected chi connectivity index (χ0v) is 18.7. The van der Waals surface area contributed by atoms with Gasteiger partial charge in [0.1, 0.15) is 4.70 Å². The van der Waals surface area contributed by atoms with Gasteiger partial charge in [-0.3, -0.25) is 9.59 Å². The van der Waals surface area contributed by atoms with Crippen molar-refractivity contribution in [3.05, 3.63) is 87.0 Å². The number of benzene rings is 2. The molecule has 0 radical (unpaired) electrons. The Morgan fingerprint density at radius 3 is 2.56 bits per heavy atom. The molecule has 1 aliphatic carbocycles. The third-order valence-corrected chi connectivity index (χ3v) is 7.82. The summed E-state index contributed by atoms with van der Waals surface area (Å²) in [5, 5.41) is 5.24. The summed E-state index contributed by atoms with van der Waals surface area (Å²) in [5.41, 5.74) is 3.45. The second-order valence-electron chi connectivity index (χ2n) is 7.70. The molecular weight excluding hydrogens is 440 g/mol. The van der Waals surface area contributed by atoms with E-state index in [1.165, 1.54) is 22.2 Å². The molecule has 32 heavy (non-hydrogen) atoms. The van der Waals surface area contributed by atoms with Crippen molar-refractivity contribution < 1.29 is 4.79 Å². The first-order chi connectivity index (χ1) is 15.7. The number of ketones is 1. The van der Waals surface area contributed by atoms with Crippen molar-refractivity contribution in [1.29, 1.82) is 0 Å². The molecule has 3 heterocycles. The van der Waals surface area contributed by atoms with E-state index in [1.807, 2.05) is 60.7 Å². The molecule has 0 bridgehead atoms. The molecule has 0 aliphatic heterocycles.